The fourth-order valence-corrected chi connectivity index (χ4v) is 16.5. The first-order valence-electron chi connectivity index (χ1n) is 46.4. The van der Waals surface area contributed by atoms with Gasteiger partial charge >= 0.3 is 5.97 Å². The molecule has 29 N–H and O–H groups in total. The Morgan fingerprint density at radius 3 is 1.43 bits per heavy atom. The van der Waals surface area contributed by atoms with Crippen LogP contribution in [0, 0.1) is 29.1 Å². The number of aliphatic hydroxyl groups is 2. The van der Waals surface area contributed by atoms with Gasteiger partial charge in [-0.25, -0.2) is 0 Å². The summed E-state index contributed by atoms with van der Waals surface area (Å²) in [5, 5.41) is 81.2. The predicted molar refractivity (Wildman–Crippen MR) is 517 cm³/mol. The Bertz CT molecular complexity index is 5030. The van der Waals surface area contributed by atoms with Crippen LogP contribution in [0.3, 0.4) is 0 Å². The Kier molecular flexibility index (Phi) is 47.3. The van der Waals surface area contributed by atoms with E-state index in [2.05, 4.69) is 113 Å². The van der Waals surface area contributed by atoms with Crippen molar-refractivity contribution in [1.82, 2.24) is 110 Å². The van der Waals surface area contributed by atoms with E-state index in [0.29, 0.717) is 23.3 Å². The Morgan fingerprint density at radius 1 is 0.464 bits per heavy atom. The molecule has 2 saturated heterocycles. The number of nitrogens with one attached hydrogen (secondary N) is 20. The van der Waals surface area contributed by atoms with Crippen molar-refractivity contribution in [2.45, 2.75) is 236 Å². The highest BCUT2D eigenvalue weighted by atomic mass is 32.2. The number of likely N-dealkylation sites (tertiary alicyclic amines) is 2. The zero-order valence-corrected chi connectivity index (χ0v) is 81.9. The predicted octanol–water partition coefficient (Wildman–Crippen LogP) is -6.27. The van der Waals surface area contributed by atoms with Crippen molar-refractivity contribution < 1.29 is 111 Å². The first-order valence-corrected chi connectivity index (χ1v) is 48.4. The molecule has 19 amide bonds. The molecule has 772 valence electrons. The molecule has 4 heterocycles. The molecule has 0 aliphatic carbocycles. The molecule has 15 atom stereocenters. The number of aliphatic hydroxyl groups excluding tert-OH is 2. The van der Waals surface area contributed by atoms with Crippen LogP contribution in [0.5, 0.6) is 0 Å². The molecule has 2 aromatic heterocycles. The minimum Gasteiger partial charge on any atom is -0.481 e. The molecule has 2 aliphatic heterocycles. The molecule has 48 nitrogen and oxygen atoms in total. The summed E-state index contributed by atoms with van der Waals surface area (Å²) in [4.78, 5) is 282. The topological polar surface area (TPSA) is 747 Å². The number of para-hydroxylation sites is 2. The van der Waals surface area contributed by atoms with Crippen LogP contribution < -0.4 is 108 Å². The maximum atomic E-state index is 15.2. The van der Waals surface area contributed by atoms with Crippen molar-refractivity contribution in [3.63, 3.8) is 0 Å². The Balaban J connectivity index is 1.04. The van der Waals surface area contributed by atoms with Gasteiger partial charge in [-0.3, -0.25) is 101 Å². The number of aliphatic carboxylic acids is 1. The lowest BCUT2D eigenvalue weighted by Gasteiger charge is -2.32. The van der Waals surface area contributed by atoms with Crippen LogP contribution >= 0.6 is 24.4 Å². The minimum absolute atomic E-state index is 0.0189. The summed E-state index contributed by atoms with van der Waals surface area (Å²) in [5.41, 5.74) is 19.8. The van der Waals surface area contributed by atoms with Gasteiger partial charge in [0.2, 0.25) is 112 Å². The Morgan fingerprint density at radius 2 is 0.900 bits per heavy atom. The summed E-state index contributed by atoms with van der Waals surface area (Å²) in [6, 6.07) is -4.61. The molecule has 50 heteroatoms. The third-order valence-corrected chi connectivity index (χ3v) is 23.9. The molecular weight excluding hydrogens is 1860 g/mol. The maximum Gasteiger partial charge on any atom is 0.305 e. The van der Waals surface area contributed by atoms with Gasteiger partial charge in [-0.1, -0.05) is 91.8 Å². The van der Waals surface area contributed by atoms with Crippen LogP contribution in [-0.4, -0.2) is 327 Å². The molecule has 2 aromatic carbocycles. The number of amides is 19. The summed E-state index contributed by atoms with van der Waals surface area (Å²) in [6.45, 7) is 10.2. The van der Waals surface area contributed by atoms with Gasteiger partial charge in [0.1, 0.15) is 78.5 Å². The van der Waals surface area contributed by atoms with E-state index in [-0.39, 0.29) is 114 Å². The van der Waals surface area contributed by atoms with Crippen LogP contribution in [0.2, 0.25) is 0 Å². The molecule has 140 heavy (non-hydrogen) atoms. The normalized spacial score (nSPS) is 16.3. The van der Waals surface area contributed by atoms with E-state index in [0.717, 1.165) is 28.8 Å². The highest BCUT2D eigenvalue weighted by Crippen LogP contribution is 2.27. The van der Waals surface area contributed by atoms with Crippen molar-refractivity contribution in [1.29, 1.82) is 5.41 Å². The largest absolute Gasteiger partial charge is 0.481 e. The van der Waals surface area contributed by atoms with Crippen LogP contribution in [0.25, 0.3) is 21.8 Å². The second kappa shape index (κ2) is 57.4. The van der Waals surface area contributed by atoms with Crippen LogP contribution in [-0.2, 0) is 109 Å². The third-order valence-electron chi connectivity index (χ3n) is 22.9. The Hall–Kier alpha value is -13.2. The second-order valence-corrected chi connectivity index (χ2v) is 37.4. The summed E-state index contributed by atoms with van der Waals surface area (Å²) in [5.74, 6) is -20.2. The van der Waals surface area contributed by atoms with E-state index in [4.69, 9.17) is 22.6 Å². The number of aromatic amines is 2. The zero-order chi connectivity index (χ0) is 104. The summed E-state index contributed by atoms with van der Waals surface area (Å²) >= 11 is 5.53. The number of primary amides is 1. The van der Waals surface area contributed by atoms with Gasteiger partial charge in [0, 0.05) is 66.0 Å². The summed E-state index contributed by atoms with van der Waals surface area (Å²) in [6.07, 6.45) is 3.77. The van der Waals surface area contributed by atoms with Gasteiger partial charge in [0.05, 0.1) is 57.9 Å². The van der Waals surface area contributed by atoms with E-state index in [1.54, 1.807) is 66.1 Å². The molecule has 2 fully saturated rings. The molecule has 6 rings (SSSR count). The number of carbonyl (C=O) groups is 20. The molecule has 0 unspecified atom stereocenters. The number of rotatable bonds is 58. The van der Waals surface area contributed by atoms with E-state index >= 15 is 19.2 Å². The van der Waals surface area contributed by atoms with Gasteiger partial charge < -0.3 is 143 Å². The van der Waals surface area contributed by atoms with Gasteiger partial charge in [-0.15, -0.1) is 0 Å². The fraction of sp³-hybridized carbons (Fsp3) is 0.589. The van der Waals surface area contributed by atoms with Gasteiger partial charge in [-0.05, 0) is 136 Å². The molecule has 2 aliphatic rings. The second-order valence-electron chi connectivity index (χ2n) is 36.0. The minimum atomic E-state index is -1.94. The van der Waals surface area contributed by atoms with E-state index in [1.807, 2.05) is 56.5 Å². The fourth-order valence-electron chi connectivity index (χ4n) is 15.7. The van der Waals surface area contributed by atoms with Crippen molar-refractivity contribution >= 4 is 170 Å². The smallest absolute Gasteiger partial charge is 0.305 e. The van der Waals surface area contributed by atoms with Gasteiger partial charge in [0.15, 0.2) is 5.96 Å². The lowest BCUT2D eigenvalue weighted by atomic mass is 9.98. The van der Waals surface area contributed by atoms with Crippen LogP contribution in [0.15, 0.2) is 60.9 Å². The molecular formula is C90H137N25O23S2. The number of thiol groups is 1. The number of guanidine groups is 1. The average Bonchev–Trinajstić information content (AvgIpc) is 1.69. The standard InChI is InChI=1S/C90H137N25O23S2/c1-45(2)30-59(81(130)107-61(35-73(123)124)78(127)100-39-69(119)98-40-70(120)103-64(43-116)79(128)101-41-71(121)104-65(44-139)83(132)106-57(22-15-26-95-90(93)94)77(126)99-38-68(92)118)109-87(136)75(49(9)117)112-72(122)42-102-84(133)66-23-16-27-114(66)88(137)62(31-46(3)4)110-82(131)60(34-51-37-97-56-21-14-12-19-53(51)56)108-85(134)67-24-17-28-115(67)89(138)63(32-47(5)6)111-86(135)74(48(7)8)113-80(129)58(25-29-140-10)105-76(125)54(91)33-50-36-96-55-20-13-11-18-52(50)55/h11-14,18-21,36-37,45-49,54,57-67,74-75,96-97,116-117,139H,15-17,22-35,38-44,91H2,1-10H3,(H2,92,118)(H,98,119)(H,99,126)(H,100,127)(H,101,128)(H,102,133)(H,103,120)(H,104,121)(H,105,125)(H,106,132)(H,107,130)(H,108,134)(H,109,136)(H,110,131)(H,111,135)(H,112,122)(H,113,129)(H,123,124)(H4,93,94,95)/t49-,54+,57+,58+,59+,60+,61+,62+,63+,64+,65+,66+,67+,74+,75+/m1/s1. The van der Waals surface area contributed by atoms with Crippen molar-refractivity contribution in [3.05, 3.63) is 72.1 Å². The number of carboxylic acid groups (broad SMARTS) is 1. The van der Waals surface area contributed by atoms with Crippen molar-refractivity contribution in [2.75, 3.05) is 76.7 Å². The number of nitrogens with two attached hydrogens (primary N) is 3. The number of carbonyl (C=O) groups excluding carboxylic acids is 19. The molecule has 4 aromatic rings. The quantitative estimate of drug-likeness (QED) is 0.00846. The Labute approximate surface area is 819 Å². The summed E-state index contributed by atoms with van der Waals surface area (Å²) < 4.78 is 0. The number of aromatic nitrogens is 2. The highest BCUT2D eigenvalue weighted by Gasteiger charge is 2.44. The molecule has 0 spiro atoms. The lowest BCUT2D eigenvalue weighted by Crippen LogP contribution is -2.61. The monoisotopic (exact) mass is 2000 g/mol. The number of thioether (sulfide) groups is 1. The summed E-state index contributed by atoms with van der Waals surface area (Å²) in [7, 11) is 0. The number of hydrogen-bond donors (Lipinski definition) is 27. The van der Waals surface area contributed by atoms with Gasteiger partial charge in [0.25, 0.3) is 0 Å². The third kappa shape index (κ3) is 37.2. The molecule has 0 radical (unpaired) electrons. The maximum absolute atomic E-state index is 15.2. The number of fused-ring (bicyclic) bond motifs is 2. The SMILES string of the molecule is CSCC[C@H](NC(=O)[C@@H](N)Cc1c[nH]c2ccccc12)C(=O)N[C@H](C(=O)N[C@@H](CC(C)C)C(=O)N1CCC[C@H]1C(=O)N[C@@H](Cc1c[nH]c2ccccc12)C(=O)N[C@@H](CC(C)C)C(=O)N1CCC[C@H]1C(=O)NCC(=O)N[C@H](C(=O)N[C@@H](CC(C)C)C(=O)N[C@@H](CC(=O)O)C(=O)NCC(=O)NCC(=O)N[C@@H](CO)C(=O)NCC(=O)N[C@@H](CS)C(=O)N[C@@H](CCCNC(=N)N)C(=O)NCC(N)=O)[C@@H](C)O)C(C)C. The van der Waals surface area contributed by atoms with E-state index < -0.39 is 266 Å². The number of H-pyrrole nitrogens is 2. The van der Waals surface area contributed by atoms with Crippen LogP contribution in [0.4, 0.5) is 0 Å². The van der Waals surface area contributed by atoms with Crippen molar-refractivity contribution in [2.24, 2.45) is 40.9 Å². The first-order chi connectivity index (χ1) is 66.2. The zero-order valence-electron chi connectivity index (χ0n) is 80.2. The van der Waals surface area contributed by atoms with Gasteiger partial charge in [-0.2, -0.15) is 24.4 Å². The van der Waals surface area contributed by atoms with E-state index in [1.165, 1.54) is 21.6 Å². The number of benzene rings is 2. The number of hydrogen-bond acceptors (Lipinski definition) is 26. The highest BCUT2D eigenvalue weighted by molar-refractivity contribution is 7.98. The number of carboxylic acids is 1. The van der Waals surface area contributed by atoms with E-state index in [9.17, 15) is 92.0 Å². The molecule has 0 saturated carbocycles. The number of nitrogens with zero attached hydrogens (tertiary/aromatic N) is 2. The lowest BCUT2D eigenvalue weighted by molar-refractivity contribution is -0.143. The average molecular weight is 2000 g/mol. The van der Waals surface area contributed by atoms with Crippen LogP contribution in [0.1, 0.15) is 144 Å². The first kappa shape index (κ1) is 115. The molecule has 0 bridgehead atoms. The van der Waals surface area contributed by atoms with Crippen molar-refractivity contribution in [3.8, 4) is 0 Å².